The number of amides is 1. The van der Waals surface area contributed by atoms with Crippen molar-refractivity contribution in [2.75, 3.05) is 12.3 Å². The van der Waals surface area contributed by atoms with Gasteiger partial charge < -0.3 is 10.6 Å². The standard InChI is InChI=1S/C16H18N4O/c1-11(2)20(9-5-8-17)16(21)14-10-12-6-3-4-7-13(12)15(18)19-14/h3-4,6-7,10-11H,5,9H2,1-2H3,(H2,18,19). The van der Waals surface area contributed by atoms with Crippen LogP contribution in [0.2, 0.25) is 0 Å². The first kappa shape index (κ1) is 14.8. The van der Waals surface area contributed by atoms with E-state index in [4.69, 9.17) is 11.0 Å². The number of anilines is 1. The summed E-state index contributed by atoms with van der Waals surface area (Å²) >= 11 is 0. The molecule has 0 unspecified atom stereocenters. The molecule has 0 bridgehead atoms. The van der Waals surface area contributed by atoms with Crippen LogP contribution in [-0.2, 0) is 0 Å². The fourth-order valence-corrected chi connectivity index (χ4v) is 2.25. The molecular weight excluding hydrogens is 264 g/mol. The van der Waals surface area contributed by atoms with Crippen LogP contribution in [0.15, 0.2) is 30.3 Å². The summed E-state index contributed by atoms with van der Waals surface area (Å²) in [6.45, 7) is 4.22. The number of rotatable bonds is 4. The molecule has 21 heavy (non-hydrogen) atoms. The molecule has 0 aliphatic carbocycles. The van der Waals surface area contributed by atoms with Gasteiger partial charge in [0.15, 0.2) is 0 Å². The van der Waals surface area contributed by atoms with Crippen LogP contribution in [-0.4, -0.2) is 28.4 Å². The summed E-state index contributed by atoms with van der Waals surface area (Å²) < 4.78 is 0. The fraction of sp³-hybridized carbons (Fsp3) is 0.312. The number of nitrogen functional groups attached to an aromatic ring is 1. The van der Waals surface area contributed by atoms with Gasteiger partial charge in [-0.05, 0) is 25.3 Å². The summed E-state index contributed by atoms with van der Waals surface area (Å²) in [5.74, 6) is 0.151. The molecule has 2 aromatic rings. The van der Waals surface area contributed by atoms with Gasteiger partial charge in [-0.25, -0.2) is 4.98 Å². The minimum atomic E-state index is -0.197. The molecular formula is C16H18N4O. The third kappa shape index (κ3) is 3.11. The highest BCUT2D eigenvalue weighted by atomic mass is 16.2. The summed E-state index contributed by atoms with van der Waals surface area (Å²) in [5, 5.41) is 10.4. The number of nitrogens with zero attached hydrogens (tertiary/aromatic N) is 3. The molecule has 108 valence electrons. The second-order valence-electron chi connectivity index (χ2n) is 5.11. The van der Waals surface area contributed by atoms with Crippen molar-refractivity contribution in [2.24, 2.45) is 0 Å². The quantitative estimate of drug-likeness (QED) is 0.934. The predicted molar refractivity (Wildman–Crippen MR) is 82.6 cm³/mol. The summed E-state index contributed by atoms with van der Waals surface area (Å²) in [4.78, 5) is 18.4. The van der Waals surface area contributed by atoms with Crippen molar-refractivity contribution in [3.8, 4) is 6.07 Å². The first-order valence-electron chi connectivity index (χ1n) is 6.87. The van der Waals surface area contributed by atoms with Gasteiger partial charge in [0.2, 0.25) is 0 Å². The van der Waals surface area contributed by atoms with Crippen LogP contribution in [0.25, 0.3) is 10.8 Å². The topological polar surface area (TPSA) is 83.0 Å². The minimum absolute atomic E-state index is 0.000319. The SMILES string of the molecule is CC(C)N(CCC#N)C(=O)c1cc2ccccc2c(N)n1. The van der Waals surface area contributed by atoms with Crippen LogP contribution in [0.1, 0.15) is 30.8 Å². The van der Waals surface area contributed by atoms with E-state index in [1.807, 2.05) is 38.1 Å². The van der Waals surface area contributed by atoms with Crippen molar-refractivity contribution in [3.63, 3.8) is 0 Å². The molecule has 2 rings (SSSR count). The Kier molecular flexibility index (Phi) is 4.39. The minimum Gasteiger partial charge on any atom is -0.383 e. The maximum Gasteiger partial charge on any atom is 0.272 e. The summed E-state index contributed by atoms with van der Waals surface area (Å²) in [6.07, 6.45) is 0.299. The van der Waals surface area contributed by atoms with Gasteiger partial charge in [0.05, 0.1) is 12.5 Å². The summed E-state index contributed by atoms with van der Waals surface area (Å²) in [5.41, 5.74) is 6.25. The molecule has 5 nitrogen and oxygen atoms in total. The summed E-state index contributed by atoms with van der Waals surface area (Å²) in [7, 11) is 0. The van der Waals surface area contributed by atoms with Crippen LogP contribution < -0.4 is 5.73 Å². The van der Waals surface area contributed by atoms with Crippen LogP contribution >= 0.6 is 0 Å². The summed E-state index contributed by atoms with van der Waals surface area (Å²) in [6, 6.07) is 11.4. The van der Waals surface area contributed by atoms with Gasteiger partial charge in [-0.15, -0.1) is 0 Å². The molecule has 0 radical (unpaired) electrons. The average molecular weight is 282 g/mol. The van der Waals surface area contributed by atoms with Crippen molar-refractivity contribution < 1.29 is 4.79 Å². The molecule has 0 aliphatic rings. The van der Waals surface area contributed by atoms with Crippen molar-refractivity contribution in [1.82, 2.24) is 9.88 Å². The van der Waals surface area contributed by atoms with Crippen LogP contribution in [0.4, 0.5) is 5.82 Å². The largest absolute Gasteiger partial charge is 0.383 e. The third-order valence-electron chi connectivity index (χ3n) is 3.34. The lowest BCUT2D eigenvalue weighted by Crippen LogP contribution is -2.38. The van der Waals surface area contributed by atoms with Gasteiger partial charge in [0.1, 0.15) is 11.5 Å². The van der Waals surface area contributed by atoms with E-state index in [9.17, 15) is 4.79 Å². The molecule has 0 fully saturated rings. The normalized spacial score (nSPS) is 10.6. The highest BCUT2D eigenvalue weighted by molar-refractivity contribution is 5.99. The molecule has 0 saturated carbocycles. The number of pyridine rings is 1. The molecule has 1 aromatic carbocycles. The average Bonchev–Trinajstić information content (AvgIpc) is 2.47. The number of nitriles is 1. The zero-order valence-electron chi connectivity index (χ0n) is 12.2. The Morgan fingerprint density at radius 3 is 2.81 bits per heavy atom. The first-order valence-corrected chi connectivity index (χ1v) is 6.87. The van der Waals surface area contributed by atoms with E-state index >= 15 is 0 Å². The van der Waals surface area contributed by atoms with E-state index in [2.05, 4.69) is 11.1 Å². The highest BCUT2D eigenvalue weighted by Gasteiger charge is 2.20. The Morgan fingerprint density at radius 2 is 2.14 bits per heavy atom. The van der Waals surface area contributed by atoms with Gasteiger partial charge in [-0.3, -0.25) is 4.79 Å². The number of hydrogen-bond acceptors (Lipinski definition) is 4. The second kappa shape index (κ2) is 6.23. The number of fused-ring (bicyclic) bond motifs is 1. The van der Waals surface area contributed by atoms with Crippen molar-refractivity contribution >= 4 is 22.5 Å². The Balaban J connectivity index is 2.40. The number of nitrogens with two attached hydrogens (primary N) is 1. The molecule has 0 saturated heterocycles. The molecule has 0 spiro atoms. The number of benzene rings is 1. The molecule has 1 amide bonds. The van der Waals surface area contributed by atoms with Crippen molar-refractivity contribution in [2.45, 2.75) is 26.3 Å². The smallest absolute Gasteiger partial charge is 0.272 e. The Labute approximate surface area is 124 Å². The van der Waals surface area contributed by atoms with E-state index in [1.165, 1.54) is 0 Å². The maximum absolute atomic E-state index is 12.6. The lowest BCUT2D eigenvalue weighted by Gasteiger charge is -2.25. The van der Waals surface area contributed by atoms with Crippen molar-refractivity contribution in [3.05, 3.63) is 36.0 Å². The van der Waals surface area contributed by atoms with E-state index in [0.29, 0.717) is 24.5 Å². The number of carbonyl (C=O) groups excluding carboxylic acids is 1. The van der Waals surface area contributed by atoms with Gasteiger partial charge in [0, 0.05) is 18.0 Å². The molecule has 0 atom stereocenters. The predicted octanol–water partition coefficient (Wildman–Crippen LogP) is 2.58. The van der Waals surface area contributed by atoms with E-state index in [0.717, 1.165) is 10.8 Å². The monoisotopic (exact) mass is 282 g/mol. The maximum atomic E-state index is 12.6. The van der Waals surface area contributed by atoms with Crippen LogP contribution in [0.3, 0.4) is 0 Å². The lowest BCUT2D eigenvalue weighted by molar-refractivity contribution is 0.0704. The van der Waals surface area contributed by atoms with E-state index in [-0.39, 0.29) is 11.9 Å². The molecule has 0 aliphatic heterocycles. The highest BCUT2D eigenvalue weighted by Crippen LogP contribution is 2.21. The molecule has 1 aromatic heterocycles. The van der Waals surface area contributed by atoms with Gasteiger partial charge in [0.25, 0.3) is 5.91 Å². The van der Waals surface area contributed by atoms with Gasteiger partial charge >= 0.3 is 0 Å². The van der Waals surface area contributed by atoms with Gasteiger partial charge in [-0.1, -0.05) is 24.3 Å². The van der Waals surface area contributed by atoms with Crippen LogP contribution in [0.5, 0.6) is 0 Å². The Morgan fingerprint density at radius 1 is 1.43 bits per heavy atom. The van der Waals surface area contributed by atoms with E-state index in [1.54, 1.807) is 11.0 Å². The third-order valence-corrected chi connectivity index (χ3v) is 3.34. The van der Waals surface area contributed by atoms with Crippen molar-refractivity contribution in [1.29, 1.82) is 5.26 Å². The number of aromatic nitrogens is 1. The molecule has 2 N–H and O–H groups in total. The Bertz CT molecular complexity index is 703. The van der Waals surface area contributed by atoms with E-state index < -0.39 is 0 Å². The second-order valence-corrected chi connectivity index (χ2v) is 5.11. The Hall–Kier alpha value is -2.61. The van der Waals surface area contributed by atoms with Crippen LogP contribution in [0, 0.1) is 11.3 Å². The number of carbonyl (C=O) groups is 1. The molecule has 5 heteroatoms. The zero-order chi connectivity index (χ0) is 15.4. The zero-order valence-corrected chi connectivity index (χ0v) is 12.2. The fourth-order valence-electron chi connectivity index (χ4n) is 2.25. The first-order chi connectivity index (χ1) is 10.0. The molecule has 1 heterocycles. The number of hydrogen-bond donors (Lipinski definition) is 1. The van der Waals surface area contributed by atoms with Gasteiger partial charge in [-0.2, -0.15) is 5.26 Å². The lowest BCUT2D eigenvalue weighted by atomic mass is 10.1.